The molecule has 0 aromatic heterocycles. The second-order valence-electron chi connectivity index (χ2n) is 29.9. The van der Waals surface area contributed by atoms with E-state index < -0.39 is 248 Å². The van der Waals surface area contributed by atoms with E-state index in [4.69, 9.17) is 51.6 Å². The molecule has 121 heavy (non-hydrogen) atoms. The van der Waals surface area contributed by atoms with E-state index >= 15 is 0 Å². The third-order valence-electron chi connectivity index (χ3n) is 18.5. The number of aliphatic hydroxyl groups excluding tert-OH is 3. The Hall–Kier alpha value is -12.1. The molecule has 0 saturated carbocycles. The number of nitrogens with one attached hydrogen (secondary N) is 13. The van der Waals surface area contributed by atoms with Gasteiger partial charge in [-0.05, 0) is 101 Å². The molecule has 0 aliphatic carbocycles. The molecular weight excluding hydrogens is 1600 g/mol. The number of hydrogen-bond donors (Lipinski definition) is 28. The monoisotopic (exact) mass is 1730 g/mol. The Morgan fingerprint density at radius 1 is 0.397 bits per heavy atom. The van der Waals surface area contributed by atoms with Gasteiger partial charge in [0, 0.05) is 32.7 Å². The zero-order valence-electron chi connectivity index (χ0n) is 69.4. The maximum absolute atomic E-state index is 15.0. The Morgan fingerprint density at radius 3 is 1.13 bits per heavy atom. The van der Waals surface area contributed by atoms with Crippen LogP contribution in [-0.2, 0) is 81.5 Å². The van der Waals surface area contributed by atoms with Gasteiger partial charge in [0.25, 0.3) is 0 Å². The Balaban J connectivity index is 3.65. The van der Waals surface area contributed by atoms with Crippen molar-refractivity contribution in [3.63, 3.8) is 0 Å². The van der Waals surface area contributed by atoms with Crippen LogP contribution in [-0.4, -0.2) is 304 Å². The summed E-state index contributed by atoms with van der Waals surface area (Å²) in [7, 11) is 0. The maximum Gasteiger partial charge on any atom is 0.328 e. The Kier molecular flexibility index (Phi) is 49.1. The minimum absolute atomic E-state index is 0.000381. The molecule has 0 radical (unpaired) electrons. The number of amides is 14. The van der Waals surface area contributed by atoms with E-state index in [9.17, 15) is 112 Å². The van der Waals surface area contributed by atoms with E-state index in [0.717, 1.165) is 4.90 Å². The van der Waals surface area contributed by atoms with Crippen molar-refractivity contribution in [1.29, 1.82) is 0 Å². The number of aliphatic carboxylic acids is 3. The van der Waals surface area contributed by atoms with Crippen LogP contribution in [0.5, 0.6) is 0 Å². The third-order valence-corrected chi connectivity index (χ3v) is 18.5. The van der Waals surface area contributed by atoms with Crippen molar-refractivity contribution in [2.24, 2.45) is 95.2 Å². The van der Waals surface area contributed by atoms with Gasteiger partial charge in [0.2, 0.25) is 82.7 Å². The van der Waals surface area contributed by atoms with E-state index in [1.165, 1.54) is 13.8 Å². The lowest BCUT2D eigenvalue weighted by Gasteiger charge is -2.32. The molecule has 684 valence electrons. The smallest absolute Gasteiger partial charge is 0.328 e. The summed E-state index contributed by atoms with van der Waals surface area (Å²) in [5.41, 5.74) is 49.4. The molecule has 15 atom stereocenters. The first-order chi connectivity index (χ1) is 56.7. The van der Waals surface area contributed by atoms with Gasteiger partial charge in [0.1, 0.15) is 78.5 Å². The molecule has 0 bridgehead atoms. The first-order valence-electron chi connectivity index (χ1n) is 39.4. The molecular formula is C71H127N27O23. The van der Waals surface area contributed by atoms with Crippen molar-refractivity contribution in [1.82, 2.24) is 74.0 Å². The van der Waals surface area contributed by atoms with Crippen molar-refractivity contribution >= 4 is 124 Å². The number of carbonyl (C=O) groups excluding carboxylic acids is 14. The lowest BCUT2D eigenvalue weighted by atomic mass is 9.96. The van der Waals surface area contributed by atoms with Crippen molar-refractivity contribution in [2.45, 2.75) is 236 Å². The topological polar surface area (TPSA) is 855 Å². The van der Waals surface area contributed by atoms with Gasteiger partial charge in [-0.25, -0.2) is 4.79 Å². The number of rotatable bonds is 58. The number of aliphatic hydroxyl groups is 3. The fourth-order valence-electron chi connectivity index (χ4n) is 11.9. The normalized spacial score (nSPS) is 15.8. The van der Waals surface area contributed by atoms with Gasteiger partial charge in [-0.2, -0.15) is 0 Å². The van der Waals surface area contributed by atoms with Gasteiger partial charge in [0.15, 0.2) is 23.8 Å². The summed E-state index contributed by atoms with van der Waals surface area (Å²) >= 11 is 0. The molecule has 1 saturated heterocycles. The molecule has 1 aliphatic rings. The van der Waals surface area contributed by atoms with Crippen LogP contribution in [0.2, 0.25) is 0 Å². The molecule has 1 heterocycles. The summed E-state index contributed by atoms with van der Waals surface area (Å²) in [5.74, 6) is -23.2. The van der Waals surface area contributed by atoms with Crippen molar-refractivity contribution in [2.75, 3.05) is 59.1 Å². The van der Waals surface area contributed by atoms with Crippen LogP contribution in [0, 0.1) is 23.7 Å². The second-order valence-corrected chi connectivity index (χ2v) is 29.9. The molecule has 37 N–H and O–H groups in total. The summed E-state index contributed by atoms with van der Waals surface area (Å²) in [4.78, 5) is 249. The van der Waals surface area contributed by atoms with E-state index in [1.807, 2.05) is 5.32 Å². The Labute approximate surface area is 698 Å². The van der Waals surface area contributed by atoms with Gasteiger partial charge in [-0.15, -0.1) is 0 Å². The van der Waals surface area contributed by atoms with Gasteiger partial charge in [0.05, 0.1) is 45.2 Å². The van der Waals surface area contributed by atoms with Gasteiger partial charge in [-0.1, -0.05) is 61.8 Å². The van der Waals surface area contributed by atoms with Crippen molar-refractivity contribution < 1.29 is 112 Å². The first-order valence-corrected chi connectivity index (χ1v) is 39.4. The number of aliphatic imine (C=N–C) groups is 4. The second kappa shape index (κ2) is 55.6. The van der Waals surface area contributed by atoms with Gasteiger partial charge < -0.3 is 156 Å². The maximum atomic E-state index is 15.0. The highest BCUT2D eigenvalue weighted by molar-refractivity contribution is 6.01. The fraction of sp³-hybridized carbons (Fsp3) is 0.704. The van der Waals surface area contributed by atoms with E-state index in [-0.39, 0.29) is 134 Å². The lowest BCUT2D eigenvalue weighted by molar-refractivity contribution is -0.143. The number of carboxylic acids is 3. The van der Waals surface area contributed by atoms with Gasteiger partial charge >= 0.3 is 17.9 Å². The molecule has 1 fully saturated rings. The van der Waals surface area contributed by atoms with Crippen molar-refractivity contribution in [3.05, 3.63) is 0 Å². The lowest BCUT2D eigenvalue weighted by Crippen LogP contribution is -2.62. The zero-order valence-corrected chi connectivity index (χ0v) is 69.4. The minimum Gasteiger partial charge on any atom is -0.481 e. The van der Waals surface area contributed by atoms with Crippen LogP contribution >= 0.6 is 0 Å². The molecule has 0 spiro atoms. The predicted molar refractivity (Wildman–Crippen MR) is 435 cm³/mol. The van der Waals surface area contributed by atoms with Gasteiger partial charge in [-0.3, -0.25) is 96.7 Å². The highest BCUT2D eigenvalue weighted by Crippen LogP contribution is 2.22. The average Bonchev–Trinajstić information content (AvgIpc) is 1.81. The van der Waals surface area contributed by atoms with E-state index in [2.05, 4.69) is 83.8 Å². The van der Waals surface area contributed by atoms with Crippen LogP contribution in [0.4, 0.5) is 0 Å². The summed E-state index contributed by atoms with van der Waals surface area (Å²) in [6, 6.07) is -22.9. The number of hydrogen-bond acceptors (Lipinski definition) is 25. The van der Waals surface area contributed by atoms with Crippen molar-refractivity contribution in [3.8, 4) is 0 Å². The molecule has 0 aromatic carbocycles. The number of guanidine groups is 4. The summed E-state index contributed by atoms with van der Waals surface area (Å²) in [6.07, 6.45) is -2.45. The fourth-order valence-corrected chi connectivity index (χ4v) is 11.9. The number of nitrogens with zero attached hydrogens (tertiary/aromatic N) is 5. The Bertz CT molecular complexity index is 3630. The first kappa shape index (κ1) is 107. The zero-order chi connectivity index (χ0) is 92.1. The van der Waals surface area contributed by atoms with Crippen LogP contribution in [0.3, 0.4) is 0 Å². The SMILES string of the molecule is CC[C@H](C)[C@H](NC(=O)[C@@H]1CCCN1C(=O)[C@H](CCCN=C(N)N)NC(=O)[C@@H](NC(=O)[C@H](CC(=O)O)NC(=O)[C@H](CC(C)C)NC(=O)[C@H](CCCN=C(N)N)NC(=O)[C@H](CO)NC(=O)CNC(=O)[C@@H](N)CCCN=C(N)N)C(C)C)C(=O)N[C@@H](CC(C)C)C(=O)N[C@@H](CC(=O)O)C(=O)N[C@@H](CO)C(=O)N[C@@H](CCCN=C(N)N)C(=O)N[C@@H](CO)C(=O)O. The third kappa shape index (κ3) is 41.4. The molecule has 0 unspecified atom stereocenters. The molecule has 1 aliphatic heterocycles. The quantitative estimate of drug-likeness (QED) is 0.0153. The Morgan fingerprint density at radius 2 is 0.736 bits per heavy atom. The molecule has 50 heteroatoms. The molecule has 50 nitrogen and oxygen atoms in total. The molecule has 1 rings (SSSR count). The predicted octanol–water partition coefficient (Wildman–Crippen LogP) is -11.7. The molecule has 0 aromatic rings. The van der Waals surface area contributed by atoms with E-state index in [1.54, 1.807) is 41.5 Å². The van der Waals surface area contributed by atoms with Crippen LogP contribution in [0.1, 0.15) is 152 Å². The number of nitrogens with two attached hydrogens (primary N) is 9. The minimum atomic E-state index is -2.03. The summed E-state index contributed by atoms with van der Waals surface area (Å²) in [5, 5.41) is 90.2. The number of carbonyl (C=O) groups is 17. The summed E-state index contributed by atoms with van der Waals surface area (Å²) in [6.45, 7) is 8.69. The van der Waals surface area contributed by atoms with Crippen LogP contribution in [0.25, 0.3) is 0 Å². The number of likely N-dealkylation sites (tertiary alicyclic amines) is 1. The summed E-state index contributed by atoms with van der Waals surface area (Å²) < 4.78 is 0. The molecule has 14 amide bonds. The van der Waals surface area contributed by atoms with Crippen LogP contribution < -0.4 is 121 Å². The largest absolute Gasteiger partial charge is 0.481 e. The standard InChI is InChI=1S/C71H127N27O23/c1-9-36(8)53(65(118)93-42(26-34(4)5)58(111)91-43(27-50(103)104)59(112)94-46(31-100)62(115)88-39(17-12-22-83-70(77)78)56(109)95-47(32-101)67(120)121)97-63(116)48-19-14-24-98(48)66(119)40(18-13-23-84-71(79)80)89-64(117)52(35(6)7)96-60(113)44(28-51(105)106)92-57(110)41(25-33(2)3)90-55(108)38(16-11-21-82-69(75)76)87-61(114)45(30-99)86-49(102)29-85-54(107)37(72)15-10-20-81-68(73)74/h33-48,52-53,99-101H,9-32,72H2,1-8H3,(H,85,107)(H,86,102)(H,87,114)(H,88,115)(H,89,117)(H,90,108)(H,91,111)(H,92,110)(H,93,118)(H,94,112)(H,95,109)(H,96,113)(H,97,116)(H,103,104)(H,105,106)(H,120,121)(H4,73,74,81)(H4,75,76,82)(H4,77,78,83)(H4,79,80,84)/t36-,37-,38-,39-,40-,41-,42-,43-,44-,45-,46-,47-,48-,52-,53-/m0/s1. The van der Waals surface area contributed by atoms with Crippen LogP contribution in [0.15, 0.2) is 20.0 Å². The highest BCUT2D eigenvalue weighted by atomic mass is 16.4. The van der Waals surface area contributed by atoms with E-state index in [0.29, 0.717) is 6.42 Å². The highest BCUT2D eigenvalue weighted by Gasteiger charge is 2.43. The number of carboxylic acid groups (broad SMARTS) is 3. The average molecular weight is 1730 g/mol.